The predicted octanol–water partition coefficient (Wildman–Crippen LogP) is 5.15. The van der Waals surface area contributed by atoms with E-state index in [1.165, 1.54) is 6.07 Å². The van der Waals surface area contributed by atoms with Crippen LogP contribution in [0.25, 0.3) is 0 Å². The van der Waals surface area contributed by atoms with Gasteiger partial charge in [-0.25, -0.2) is 4.79 Å². The summed E-state index contributed by atoms with van der Waals surface area (Å²) in [5.41, 5.74) is 3.99. The zero-order chi connectivity index (χ0) is 25.9. The standard InChI is InChI=1S/C30H25NO6/c1-19-14-25(20(2)31(19)16-21-12-13-27-28(15-21)37-18-36-27)26(32)17-35-30(34)24-11-7-6-10-23(24)29(33)22-8-4-3-5-9-22/h3-15H,16-18H2,1-2H3. The van der Waals surface area contributed by atoms with Crippen LogP contribution in [0.2, 0.25) is 0 Å². The van der Waals surface area contributed by atoms with Crippen LogP contribution in [-0.4, -0.2) is 35.5 Å². The van der Waals surface area contributed by atoms with Crippen molar-refractivity contribution in [1.82, 2.24) is 4.57 Å². The first-order chi connectivity index (χ1) is 17.9. The Labute approximate surface area is 214 Å². The maximum absolute atomic E-state index is 13.0. The molecule has 5 rings (SSSR count). The molecule has 0 fully saturated rings. The van der Waals surface area contributed by atoms with Crippen LogP contribution in [-0.2, 0) is 11.3 Å². The Morgan fingerprint density at radius 2 is 1.51 bits per heavy atom. The van der Waals surface area contributed by atoms with E-state index in [2.05, 4.69) is 0 Å². The molecule has 4 aromatic rings. The van der Waals surface area contributed by atoms with Gasteiger partial charge < -0.3 is 18.8 Å². The molecule has 0 N–H and O–H groups in total. The minimum atomic E-state index is -0.720. The number of hydrogen-bond acceptors (Lipinski definition) is 6. The smallest absolute Gasteiger partial charge is 0.339 e. The normalized spacial score (nSPS) is 11.8. The maximum atomic E-state index is 13.0. The minimum absolute atomic E-state index is 0.123. The van der Waals surface area contributed by atoms with E-state index in [0.717, 1.165) is 22.7 Å². The lowest BCUT2D eigenvalue weighted by Gasteiger charge is -2.11. The van der Waals surface area contributed by atoms with Gasteiger partial charge in [-0.3, -0.25) is 9.59 Å². The highest BCUT2D eigenvalue weighted by Crippen LogP contribution is 2.33. The highest BCUT2D eigenvalue weighted by molar-refractivity contribution is 6.14. The Balaban J connectivity index is 1.29. The number of Topliss-reactive ketones (excluding diaryl/α,β-unsaturated/α-hetero) is 1. The number of fused-ring (bicyclic) bond motifs is 1. The molecule has 0 unspecified atom stereocenters. The molecule has 0 saturated heterocycles. The Bertz CT molecular complexity index is 1500. The van der Waals surface area contributed by atoms with Crippen molar-refractivity contribution in [2.45, 2.75) is 20.4 Å². The van der Waals surface area contributed by atoms with Crippen LogP contribution in [0, 0.1) is 13.8 Å². The number of ketones is 2. The monoisotopic (exact) mass is 495 g/mol. The van der Waals surface area contributed by atoms with Crippen molar-refractivity contribution in [3.05, 3.63) is 118 Å². The first kappa shape index (κ1) is 24.1. The quantitative estimate of drug-likeness (QED) is 0.248. The number of aromatic nitrogens is 1. The average Bonchev–Trinajstić information content (AvgIpc) is 3.51. The molecule has 2 heterocycles. The lowest BCUT2D eigenvalue weighted by Crippen LogP contribution is -2.17. The van der Waals surface area contributed by atoms with Gasteiger partial charge in [0.2, 0.25) is 12.6 Å². The number of aryl methyl sites for hydroxylation is 1. The Morgan fingerprint density at radius 1 is 0.811 bits per heavy atom. The molecule has 1 aromatic heterocycles. The van der Waals surface area contributed by atoms with Crippen LogP contribution < -0.4 is 9.47 Å². The number of carbonyl (C=O) groups excluding carboxylic acids is 3. The van der Waals surface area contributed by atoms with Crippen LogP contribution in [0.5, 0.6) is 11.5 Å². The largest absolute Gasteiger partial charge is 0.454 e. The second-order valence-corrected chi connectivity index (χ2v) is 8.80. The van der Waals surface area contributed by atoms with E-state index in [0.29, 0.717) is 23.4 Å². The third-order valence-electron chi connectivity index (χ3n) is 6.41. The van der Waals surface area contributed by atoms with Gasteiger partial charge in [0, 0.05) is 34.6 Å². The average molecular weight is 496 g/mol. The molecule has 0 spiro atoms. The summed E-state index contributed by atoms with van der Waals surface area (Å²) in [4.78, 5) is 38.8. The van der Waals surface area contributed by atoms with E-state index >= 15 is 0 Å². The highest BCUT2D eigenvalue weighted by Gasteiger charge is 2.22. The first-order valence-electron chi connectivity index (χ1n) is 11.9. The van der Waals surface area contributed by atoms with Gasteiger partial charge in [-0.15, -0.1) is 0 Å². The van der Waals surface area contributed by atoms with Gasteiger partial charge in [0.15, 0.2) is 23.9 Å². The molecule has 0 amide bonds. The summed E-state index contributed by atoms with van der Waals surface area (Å²) in [6, 6.07) is 22.7. The van der Waals surface area contributed by atoms with Crippen molar-refractivity contribution in [2.24, 2.45) is 0 Å². The number of esters is 1. The van der Waals surface area contributed by atoms with Crippen molar-refractivity contribution in [3.8, 4) is 11.5 Å². The van der Waals surface area contributed by atoms with Crippen LogP contribution in [0.3, 0.4) is 0 Å². The van der Waals surface area contributed by atoms with Crippen molar-refractivity contribution in [2.75, 3.05) is 13.4 Å². The molecule has 0 saturated carbocycles. The SMILES string of the molecule is Cc1cc(C(=O)COC(=O)c2ccccc2C(=O)c2ccccc2)c(C)n1Cc1ccc2c(c1)OCO2. The molecule has 1 aliphatic heterocycles. The summed E-state index contributed by atoms with van der Waals surface area (Å²) in [6.45, 7) is 4.12. The molecule has 0 bridgehead atoms. The molecule has 7 heteroatoms. The summed E-state index contributed by atoms with van der Waals surface area (Å²) >= 11 is 0. The predicted molar refractivity (Wildman–Crippen MR) is 137 cm³/mol. The highest BCUT2D eigenvalue weighted by atomic mass is 16.7. The number of hydrogen-bond donors (Lipinski definition) is 0. The first-order valence-corrected chi connectivity index (χ1v) is 11.9. The number of benzene rings is 3. The summed E-state index contributed by atoms with van der Waals surface area (Å²) in [5.74, 6) is 0.0998. The second kappa shape index (κ2) is 10.1. The maximum Gasteiger partial charge on any atom is 0.339 e. The molecule has 0 aliphatic carbocycles. The van der Waals surface area contributed by atoms with Crippen LogP contribution >= 0.6 is 0 Å². The minimum Gasteiger partial charge on any atom is -0.454 e. The van der Waals surface area contributed by atoms with Crippen molar-refractivity contribution < 1.29 is 28.6 Å². The summed E-state index contributed by atoms with van der Waals surface area (Å²) in [6.07, 6.45) is 0. The van der Waals surface area contributed by atoms with Gasteiger partial charge >= 0.3 is 5.97 Å². The van der Waals surface area contributed by atoms with E-state index in [1.807, 2.05) is 42.7 Å². The van der Waals surface area contributed by atoms with Gasteiger partial charge in [-0.2, -0.15) is 0 Å². The zero-order valence-corrected chi connectivity index (χ0v) is 20.5. The van der Waals surface area contributed by atoms with E-state index in [-0.39, 0.29) is 29.5 Å². The third kappa shape index (κ3) is 4.89. The lowest BCUT2D eigenvalue weighted by molar-refractivity contribution is 0.0472. The Hall–Kier alpha value is -4.65. The zero-order valence-electron chi connectivity index (χ0n) is 20.5. The molecule has 7 nitrogen and oxygen atoms in total. The van der Waals surface area contributed by atoms with Crippen LogP contribution in [0.1, 0.15) is 53.6 Å². The summed E-state index contributed by atoms with van der Waals surface area (Å²) in [7, 11) is 0. The lowest BCUT2D eigenvalue weighted by atomic mass is 9.98. The molecule has 1 aliphatic rings. The molecular formula is C30H25NO6. The number of nitrogens with zero attached hydrogens (tertiary/aromatic N) is 1. The van der Waals surface area contributed by atoms with E-state index in [4.69, 9.17) is 14.2 Å². The van der Waals surface area contributed by atoms with Gasteiger partial charge in [0.05, 0.1) is 5.56 Å². The molecule has 0 atom stereocenters. The summed E-state index contributed by atoms with van der Waals surface area (Å²) in [5, 5.41) is 0. The topological polar surface area (TPSA) is 83.8 Å². The van der Waals surface area contributed by atoms with Gasteiger partial charge in [-0.05, 0) is 43.7 Å². The molecule has 0 radical (unpaired) electrons. The third-order valence-corrected chi connectivity index (χ3v) is 6.41. The van der Waals surface area contributed by atoms with E-state index in [1.54, 1.807) is 48.5 Å². The van der Waals surface area contributed by atoms with Crippen molar-refractivity contribution >= 4 is 17.5 Å². The summed E-state index contributed by atoms with van der Waals surface area (Å²) < 4.78 is 18.2. The van der Waals surface area contributed by atoms with E-state index < -0.39 is 12.6 Å². The molecule has 186 valence electrons. The van der Waals surface area contributed by atoms with Gasteiger partial charge in [0.1, 0.15) is 0 Å². The van der Waals surface area contributed by atoms with E-state index in [9.17, 15) is 14.4 Å². The van der Waals surface area contributed by atoms with Gasteiger partial charge in [-0.1, -0.05) is 54.6 Å². The Kier molecular flexibility index (Phi) is 6.60. The van der Waals surface area contributed by atoms with Crippen molar-refractivity contribution in [3.63, 3.8) is 0 Å². The fourth-order valence-corrected chi connectivity index (χ4v) is 4.44. The fraction of sp³-hybridized carbons (Fsp3) is 0.167. The van der Waals surface area contributed by atoms with Crippen LogP contribution in [0.15, 0.2) is 78.9 Å². The van der Waals surface area contributed by atoms with Crippen LogP contribution in [0.4, 0.5) is 0 Å². The van der Waals surface area contributed by atoms with Crippen molar-refractivity contribution in [1.29, 1.82) is 0 Å². The molecular weight excluding hydrogens is 470 g/mol. The molecule has 3 aromatic carbocycles. The fourth-order valence-electron chi connectivity index (χ4n) is 4.44. The number of rotatable bonds is 8. The number of carbonyl (C=O) groups is 3. The second-order valence-electron chi connectivity index (χ2n) is 8.80. The number of ether oxygens (including phenoxy) is 3. The van der Waals surface area contributed by atoms with Gasteiger partial charge in [0.25, 0.3) is 0 Å². The Morgan fingerprint density at radius 3 is 2.30 bits per heavy atom. The molecule has 37 heavy (non-hydrogen) atoms.